The van der Waals surface area contributed by atoms with Gasteiger partial charge in [-0.05, 0) is 13.8 Å². The van der Waals surface area contributed by atoms with E-state index in [9.17, 15) is 35.4 Å². The molecule has 1 unspecified atom stereocenters. The molecule has 1 heterocycles. The zero-order chi connectivity index (χ0) is 21.2. The number of benzene rings is 1. The number of carbonyl (C=O) groups is 1. The summed E-state index contributed by atoms with van der Waals surface area (Å²) in [5.74, 6) is -3.83. The highest BCUT2D eigenvalue weighted by Gasteiger charge is 2.40. The first kappa shape index (κ1) is 20.2. The van der Waals surface area contributed by atoms with E-state index in [2.05, 4.69) is 0 Å². The van der Waals surface area contributed by atoms with Gasteiger partial charge in [0.1, 0.15) is 17.4 Å². The third-order valence-electron chi connectivity index (χ3n) is 3.92. The summed E-state index contributed by atoms with van der Waals surface area (Å²) in [4.78, 5) is 32.9. The molecule has 1 atom stereocenters. The molecule has 12 heteroatoms. The Hall–Kier alpha value is -4.14. The van der Waals surface area contributed by atoms with E-state index in [0.29, 0.717) is 6.07 Å². The van der Waals surface area contributed by atoms with Gasteiger partial charge >= 0.3 is 11.7 Å². The predicted octanol–water partition coefficient (Wildman–Crippen LogP) is 1.85. The van der Waals surface area contributed by atoms with Crippen LogP contribution in [0, 0.1) is 31.6 Å². The van der Waals surface area contributed by atoms with Crippen LogP contribution in [-0.4, -0.2) is 27.5 Å². The quantitative estimate of drug-likeness (QED) is 0.426. The lowest BCUT2D eigenvalue weighted by atomic mass is 9.82. The molecule has 12 nitrogen and oxygen atoms in total. The Balaban J connectivity index is 2.88. The summed E-state index contributed by atoms with van der Waals surface area (Å²) >= 11 is 0. The molecule has 0 aliphatic carbocycles. The lowest BCUT2D eigenvalue weighted by molar-refractivity contribution is -0.394. The molecule has 146 valence electrons. The average Bonchev–Trinajstić information content (AvgIpc) is 2.61. The highest BCUT2D eigenvalue weighted by Crippen LogP contribution is 2.46. The molecule has 1 aliphatic heterocycles. The maximum absolute atomic E-state index is 12.4. The van der Waals surface area contributed by atoms with Crippen molar-refractivity contribution in [1.29, 1.82) is 5.26 Å². The summed E-state index contributed by atoms with van der Waals surface area (Å²) < 4.78 is 10.1. The number of rotatable bonds is 5. The van der Waals surface area contributed by atoms with Crippen LogP contribution in [0.15, 0.2) is 34.9 Å². The number of nitriles is 1. The third-order valence-corrected chi connectivity index (χ3v) is 3.92. The summed E-state index contributed by atoms with van der Waals surface area (Å²) in [6.07, 6.45) is 0. The second-order valence-electron chi connectivity index (χ2n) is 5.53. The molecule has 2 rings (SSSR count). The van der Waals surface area contributed by atoms with E-state index in [1.807, 2.05) is 0 Å². The molecule has 28 heavy (non-hydrogen) atoms. The molecule has 3 N–H and O–H groups in total. The zero-order valence-electron chi connectivity index (χ0n) is 14.7. The van der Waals surface area contributed by atoms with E-state index >= 15 is 0 Å². The maximum atomic E-state index is 12.4. The van der Waals surface area contributed by atoms with Gasteiger partial charge in [-0.1, -0.05) is 0 Å². The molecule has 0 saturated heterocycles. The topological polar surface area (TPSA) is 192 Å². The summed E-state index contributed by atoms with van der Waals surface area (Å²) in [5, 5.41) is 42.3. The van der Waals surface area contributed by atoms with Gasteiger partial charge in [0.05, 0.1) is 34.0 Å². The number of aromatic hydroxyl groups is 1. The van der Waals surface area contributed by atoms with Crippen molar-refractivity contribution in [2.45, 2.75) is 19.8 Å². The van der Waals surface area contributed by atoms with Crippen molar-refractivity contribution in [2.24, 2.45) is 5.73 Å². The van der Waals surface area contributed by atoms with Gasteiger partial charge in [0.2, 0.25) is 5.88 Å². The van der Waals surface area contributed by atoms with Gasteiger partial charge in [-0.2, -0.15) is 5.26 Å². The lowest BCUT2D eigenvalue weighted by Crippen LogP contribution is -2.25. The van der Waals surface area contributed by atoms with Crippen LogP contribution in [0.2, 0.25) is 0 Å². The summed E-state index contributed by atoms with van der Waals surface area (Å²) in [6.45, 7) is 2.82. The number of allylic oxidation sites excluding steroid dienone is 2. The number of phenols is 1. The van der Waals surface area contributed by atoms with Crippen molar-refractivity contribution in [3.63, 3.8) is 0 Å². The molecule has 0 radical (unpaired) electrons. The smallest absolute Gasteiger partial charge is 0.338 e. The van der Waals surface area contributed by atoms with Crippen molar-refractivity contribution in [1.82, 2.24) is 0 Å². The number of ether oxygens (including phenoxy) is 2. The largest absolute Gasteiger partial charge is 0.502 e. The number of nitrogens with zero attached hydrogens (tertiary/aromatic N) is 3. The van der Waals surface area contributed by atoms with Gasteiger partial charge in [0.25, 0.3) is 5.69 Å². The molecule has 0 fully saturated rings. The number of nitrogens with two attached hydrogens (primary N) is 1. The van der Waals surface area contributed by atoms with E-state index in [4.69, 9.17) is 15.2 Å². The maximum Gasteiger partial charge on any atom is 0.338 e. The summed E-state index contributed by atoms with van der Waals surface area (Å²) in [6, 6.07) is 3.11. The number of non-ortho nitro benzene ring substituents is 1. The van der Waals surface area contributed by atoms with Crippen molar-refractivity contribution < 1.29 is 29.2 Å². The minimum Gasteiger partial charge on any atom is -0.502 e. The van der Waals surface area contributed by atoms with Crippen molar-refractivity contribution in [2.75, 3.05) is 6.61 Å². The second-order valence-corrected chi connectivity index (χ2v) is 5.53. The van der Waals surface area contributed by atoms with Crippen molar-refractivity contribution in [3.05, 3.63) is 60.7 Å². The van der Waals surface area contributed by atoms with E-state index in [-0.39, 0.29) is 23.5 Å². The monoisotopic (exact) mass is 390 g/mol. The number of carbonyl (C=O) groups excluding carboxylic acids is 1. The van der Waals surface area contributed by atoms with Gasteiger partial charge in [-0.15, -0.1) is 0 Å². The minimum atomic E-state index is -1.46. The van der Waals surface area contributed by atoms with E-state index in [1.165, 1.54) is 13.8 Å². The zero-order valence-corrected chi connectivity index (χ0v) is 14.7. The Kier molecular flexibility index (Phi) is 5.49. The highest BCUT2D eigenvalue weighted by molar-refractivity contribution is 5.93. The average molecular weight is 390 g/mol. The van der Waals surface area contributed by atoms with E-state index in [1.54, 1.807) is 6.07 Å². The van der Waals surface area contributed by atoms with Crippen LogP contribution >= 0.6 is 0 Å². The minimum absolute atomic E-state index is 0.0372. The molecule has 0 spiro atoms. The SMILES string of the molecule is CCOC(=O)C1=C(C)OC(N)=C(C#N)C1c1cc([N+](=O)[O-])cc([N+](=O)[O-])c1O. The fourth-order valence-corrected chi connectivity index (χ4v) is 2.76. The Morgan fingerprint density at radius 3 is 2.54 bits per heavy atom. The Morgan fingerprint density at radius 2 is 2.04 bits per heavy atom. The second kappa shape index (κ2) is 7.62. The molecule has 0 amide bonds. The van der Waals surface area contributed by atoms with Crippen molar-refractivity contribution in [3.8, 4) is 11.8 Å². The number of nitro benzene ring substituents is 2. The van der Waals surface area contributed by atoms with Gasteiger partial charge in [0.15, 0.2) is 5.75 Å². The molecule has 0 bridgehead atoms. The molecule has 1 aliphatic rings. The highest BCUT2D eigenvalue weighted by atomic mass is 16.6. The van der Waals surface area contributed by atoms with Gasteiger partial charge in [0, 0.05) is 11.6 Å². The van der Waals surface area contributed by atoms with Crippen LogP contribution in [0.3, 0.4) is 0 Å². The fraction of sp³-hybridized carbons (Fsp3) is 0.250. The number of hydrogen-bond acceptors (Lipinski definition) is 10. The Bertz CT molecular complexity index is 989. The fourth-order valence-electron chi connectivity index (χ4n) is 2.76. The van der Waals surface area contributed by atoms with Crippen LogP contribution < -0.4 is 5.73 Å². The lowest BCUT2D eigenvalue weighted by Gasteiger charge is -2.27. The molecule has 0 saturated carbocycles. The molecule has 1 aromatic rings. The number of esters is 1. The standard InChI is InChI=1S/C16H14N4O8/c1-3-27-16(22)12-7(2)28-15(18)10(6-17)13(12)9-4-8(19(23)24)5-11(14(9)21)20(25)26/h4-5,13,21H,3,18H2,1-2H3. The van der Waals surface area contributed by atoms with Gasteiger partial charge in [-0.3, -0.25) is 20.2 Å². The first-order valence-corrected chi connectivity index (χ1v) is 7.75. The van der Waals surface area contributed by atoms with Crippen LogP contribution in [0.25, 0.3) is 0 Å². The van der Waals surface area contributed by atoms with E-state index < -0.39 is 50.3 Å². The first-order chi connectivity index (χ1) is 13.1. The summed E-state index contributed by atoms with van der Waals surface area (Å²) in [7, 11) is 0. The normalized spacial score (nSPS) is 16.2. The number of hydrogen-bond donors (Lipinski definition) is 2. The molecular weight excluding hydrogens is 376 g/mol. The number of phenolic OH excluding ortho intramolecular Hbond substituents is 1. The van der Waals surface area contributed by atoms with Gasteiger partial charge in [-0.25, -0.2) is 4.79 Å². The first-order valence-electron chi connectivity index (χ1n) is 7.75. The van der Waals surface area contributed by atoms with Crippen LogP contribution in [-0.2, 0) is 14.3 Å². The molecular formula is C16H14N4O8. The van der Waals surface area contributed by atoms with Gasteiger partial charge < -0.3 is 20.3 Å². The van der Waals surface area contributed by atoms with Crippen LogP contribution in [0.5, 0.6) is 5.75 Å². The summed E-state index contributed by atoms with van der Waals surface area (Å²) in [5.41, 5.74) is 2.95. The van der Waals surface area contributed by atoms with Crippen LogP contribution in [0.4, 0.5) is 11.4 Å². The number of nitro groups is 2. The predicted molar refractivity (Wildman–Crippen MR) is 91.4 cm³/mol. The van der Waals surface area contributed by atoms with Crippen molar-refractivity contribution >= 4 is 17.3 Å². The molecule has 0 aromatic heterocycles. The van der Waals surface area contributed by atoms with Crippen LogP contribution in [0.1, 0.15) is 25.3 Å². The Labute approximate surface area is 157 Å². The third kappa shape index (κ3) is 3.40. The Morgan fingerprint density at radius 1 is 1.39 bits per heavy atom. The van der Waals surface area contributed by atoms with E-state index in [0.717, 1.165) is 6.07 Å². The molecule has 1 aromatic carbocycles.